The first-order valence-electron chi connectivity index (χ1n) is 25.8. The lowest BCUT2D eigenvalue weighted by Gasteiger charge is -2.50. The van der Waals surface area contributed by atoms with Gasteiger partial charge in [0.15, 0.2) is 23.0 Å². The van der Waals surface area contributed by atoms with Crippen LogP contribution in [0.2, 0.25) is 0 Å². The maximum atomic E-state index is 5.50. The SMILES string of the molecule is CC(C)(C)C1(c2ccccc2)CCCC1.CC1(C)CC(C(C)(C)C)CC(C)(C)N1.COc1ccc(C2(C(C)(C)C)CC2)cc1OC.COc1ccc(C2(C(C)(C)C)CCCCC2)cc1OC. The van der Waals surface area contributed by atoms with Crippen LogP contribution >= 0.6 is 0 Å². The molecular formula is C61H99NO4. The molecule has 1 heterocycles. The van der Waals surface area contributed by atoms with E-state index in [0.717, 1.165) is 28.9 Å². The molecule has 372 valence electrons. The van der Waals surface area contributed by atoms with E-state index in [1.54, 1.807) is 34.0 Å². The van der Waals surface area contributed by atoms with Crippen LogP contribution in [0.25, 0.3) is 0 Å². The molecule has 3 saturated carbocycles. The van der Waals surface area contributed by atoms with E-state index in [4.69, 9.17) is 18.9 Å². The Balaban J connectivity index is 0.000000194. The lowest BCUT2D eigenvalue weighted by Crippen LogP contribution is -2.59. The molecule has 5 nitrogen and oxygen atoms in total. The summed E-state index contributed by atoms with van der Waals surface area (Å²) in [6.07, 6.45) is 17.2. The summed E-state index contributed by atoms with van der Waals surface area (Å²) < 4.78 is 21.5. The Labute approximate surface area is 406 Å². The highest BCUT2D eigenvalue weighted by Gasteiger charge is 2.53. The highest BCUT2D eigenvalue weighted by atomic mass is 16.5. The summed E-state index contributed by atoms with van der Waals surface area (Å²) in [5, 5.41) is 3.73. The van der Waals surface area contributed by atoms with E-state index >= 15 is 0 Å². The van der Waals surface area contributed by atoms with Gasteiger partial charge in [-0.15, -0.1) is 0 Å². The van der Waals surface area contributed by atoms with Crippen molar-refractivity contribution < 1.29 is 18.9 Å². The van der Waals surface area contributed by atoms with Crippen LogP contribution in [0.3, 0.4) is 0 Å². The van der Waals surface area contributed by atoms with E-state index in [9.17, 15) is 0 Å². The molecule has 0 amide bonds. The lowest BCUT2D eigenvalue weighted by atomic mass is 9.56. The van der Waals surface area contributed by atoms with Crippen molar-refractivity contribution in [1.29, 1.82) is 0 Å². The summed E-state index contributed by atoms with van der Waals surface area (Å²) in [4.78, 5) is 0. The van der Waals surface area contributed by atoms with E-state index in [-0.39, 0.29) is 10.8 Å². The van der Waals surface area contributed by atoms with Gasteiger partial charge in [0.05, 0.1) is 28.4 Å². The Morgan fingerprint density at radius 1 is 0.409 bits per heavy atom. The normalized spacial score (nSPS) is 20.7. The molecule has 4 aliphatic rings. The molecule has 3 aliphatic carbocycles. The van der Waals surface area contributed by atoms with Crippen LogP contribution < -0.4 is 24.3 Å². The van der Waals surface area contributed by atoms with Crippen molar-refractivity contribution in [3.05, 3.63) is 83.4 Å². The minimum Gasteiger partial charge on any atom is -0.493 e. The molecule has 0 atom stereocenters. The van der Waals surface area contributed by atoms with Gasteiger partial charge in [-0.2, -0.15) is 0 Å². The molecule has 0 aromatic heterocycles. The molecule has 1 N–H and O–H groups in total. The number of methoxy groups -OCH3 is 4. The predicted molar refractivity (Wildman–Crippen MR) is 283 cm³/mol. The maximum Gasteiger partial charge on any atom is 0.161 e. The third kappa shape index (κ3) is 12.9. The fourth-order valence-electron chi connectivity index (χ4n) is 12.6. The molecule has 0 bridgehead atoms. The first-order valence-corrected chi connectivity index (χ1v) is 25.8. The Hall–Kier alpha value is -3.18. The summed E-state index contributed by atoms with van der Waals surface area (Å²) in [7, 11) is 6.77. The summed E-state index contributed by atoms with van der Waals surface area (Å²) in [5.74, 6) is 4.13. The van der Waals surface area contributed by atoms with Gasteiger partial charge in [-0.25, -0.2) is 0 Å². The van der Waals surface area contributed by atoms with Gasteiger partial charge in [-0.3, -0.25) is 0 Å². The van der Waals surface area contributed by atoms with Crippen LogP contribution in [0.15, 0.2) is 66.7 Å². The molecule has 0 unspecified atom stereocenters. The number of hydrogen-bond donors (Lipinski definition) is 1. The number of ether oxygens (including phenoxy) is 4. The van der Waals surface area contributed by atoms with Crippen molar-refractivity contribution in [3.63, 3.8) is 0 Å². The molecule has 0 spiro atoms. The van der Waals surface area contributed by atoms with Gasteiger partial charge in [0, 0.05) is 27.3 Å². The minimum absolute atomic E-state index is 0.255. The maximum absolute atomic E-state index is 5.50. The quantitative estimate of drug-likeness (QED) is 0.256. The van der Waals surface area contributed by atoms with Gasteiger partial charge < -0.3 is 24.3 Å². The first kappa shape index (κ1) is 55.4. The van der Waals surface area contributed by atoms with Crippen LogP contribution in [0, 0.1) is 27.6 Å². The summed E-state index contributed by atoms with van der Waals surface area (Å²) in [6.45, 7) is 37.7. The zero-order valence-electron chi connectivity index (χ0n) is 46.3. The molecule has 4 fully saturated rings. The van der Waals surface area contributed by atoms with Crippen LogP contribution in [0.5, 0.6) is 23.0 Å². The highest BCUT2D eigenvalue weighted by molar-refractivity contribution is 5.48. The molecule has 3 aromatic rings. The number of nitrogens with one attached hydrogen (secondary N) is 1. The fourth-order valence-corrected chi connectivity index (χ4v) is 12.6. The van der Waals surface area contributed by atoms with Crippen molar-refractivity contribution in [2.24, 2.45) is 27.6 Å². The zero-order valence-corrected chi connectivity index (χ0v) is 46.3. The van der Waals surface area contributed by atoms with Gasteiger partial charge >= 0.3 is 0 Å². The molecule has 1 aliphatic heterocycles. The number of piperidine rings is 1. The smallest absolute Gasteiger partial charge is 0.161 e. The van der Waals surface area contributed by atoms with Crippen molar-refractivity contribution in [1.82, 2.24) is 5.32 Å². The molecule has 66 heavy (non-hydrogen) atoms. The average Bonchev–Trinajstić information content (AvgIpc) is 3.91. The van der Waals surface area contributed by atoms with Gasteiger partial charge in [0.25, 0.3) is 0 Å². The standard InChI is InChI=1S/C18H28O2.C15H22O2.C15H22.C13H27N/c1-17(2,3)18(11-7-6-8-12-18)14-9-10-15(19-4)16(13-14)20-5;1-14(2,3)15(8-9-15)11-6-7-12(16-4)13(10-11)17-5;1-14(2,3)15(11-7-8-12-15)13-9-5-4-6-10-13;1-11(2,3)10-8-12(4,5)14-13(6,7)9-10/h9-10,13H,6-8,11-12H2,1-5H3;6-7,10H,8-9H2,1-5H3;4-6,9-10H,7-8,11-12H2,1-3H3;10,14H,8-9H2,1-7H3. The third-order valence-electron chi connectivity index (χ3n) is 16.8. The molecule has 7 rings (SSSR count). The minimum atomic E-state index is 0.255. The van der Waals surface area contributed by atoms with Crippen LogP contribution in [-0.2, 0) is 16.2 Å². The second-order valence-electron chi connectivity index (χ2n) is 26.1. The predicted octanol–water partition coefficient (Wildman–Crippen LogP) is 16.9. The first-order chi connectivity index (χ1) is 30.5. The largest absolute Gasteiger partial charge is 0.493 e. The number of rotatable bonds is 7. The molecule has 0 radical (unpaired) electrons. The van der Waals surface area contributed by atoms with Crippen molar-refractivity contribution in [3.8, 4) is 23.0 Å². The Morgan fingerprint density at radius 3 is 1.06 bits per heavy atom. The Kier molecular flexibility index (Phi) is 17.8. The fraction of sp³-hybridized carbons (Fsp3) is 0.705. The monoisotopic (exact) mass is 910 g/mol. The van der Waals surface area contributed by atoms with Crippen molar-refractivity contribution in [2.45, 2.75) is 222 Å². The number of hydrogen-bond acceptors (Lipinski definition) is 5. The molecular weight excluding hydrogens is 811 g/mol. The van der Waals surface area contributed by atoms with Gasteiger partial charge in [0.2, 0.25) is 0 Å². The molecule has 1 saturated heterocycles. The van der Waals surface area contributed by atoms with Gasteiger partial charge in [-0.1, -0.05) is 158 Å². The third-order valence-corrected chi connectivity index (χ3v) is 16.8. The van der Waals surface area contributed by atoms with E-state index in [1.807, 2.05) is 6.07 Å². The van der Waals surface area contributed by atoms with Crippen LogP contribution in [-0.4, -0.2) is 39.5 Å². The van der Waals surface area contributed by atoms with Crippen LogP contribution in [0.4, 0.5) is 0 Å². The summed E-state index contributed by atoms with van der Waals surface area (Å²) in [6, 6.07) is 23.9. The van der Waals surface area contributed by atoms with E-state index in [0.29, 0.717) is 38.2 Å². The topological polar surface area (TPSA) is 49.0 Å². The molecule has 3 aromatic carbocycles. The molecule has 5 heteroatoms. The summed E-state index contributed by atoms with van der Waals surface area (Å²) in [5.41, 5.74) is 7.30. The second-order valence-corrected chi connectivity index (χ2v) is 26.1. The van der Waals surface area contributed by atoms with Crippen molar-refractivity contribution in [2.75, 3.05) is 28.4 Å². The van der Waals surface area contributed by atoms with E-state index in [1.165, 1.54) is 94.6 Å². The zero-order chi connectivity index (χ0) is 49.6. The lowest BCUT2D eigenvalue weighted by molar-refractivity contribution is 0.0626. The average molecular weight is 910 g/mol. The van der Waals surface area contributed by atoms with Crippen molar-refractivity contribution >= 4 is 0 Å². The second kappa shape index (κ2) is 21.2. The Bertz CT molecular complexity index is 1930. The highest BCUT2D eigenvalue weighted by Crippen LogP contribution is 2.60. The van der Waals surface area contributed by atoms with E-state index < -0.39 is 0 Å². The summed E-state index contributed by atoms with van der Waals surface area (Å²) >= 11 is 0. The van der Waals surface area contributed by atoms with Gasteiger partial charge in [-0.05, 0) is 148 Å². The van der Waals surface area contributed by atoms with Gasteiger partial charge in [0.1, 0.15) is 0 Å². The van der Waals surface area contributed by atoms with E-state index in [2.05, 4.69) is 177 Å². The Morgan fingerprint density at radius 2 is 0.742 bits per heavy atom. The van der Waals surface area contributed by atoms with Crippen LogP contribution in [0.1, 0.15) is 211 Å². The number of benzene rings is 3.